The van der Waals surface area contributed by atoms with Gasteiger partial charge >= 0.3 is 7.79 Å². The molecular formula is C10H18N2OP+. The van der Waals surface area contributed by atoms with Gasteiger partial charge < -0.3 is 0 Å². The van der Waals surface area contributed by atoms with Crippen LogP contribution in [0.4, 0.5) is 0 Å². The molecule has 0 aromatic heterocycles. The molecule has 0 radical (unpaired) electrons. The van der Waals surface area contributed by atoms with Crippen LogP contribution in [0, 0.1) is 0 Å². The zero-order chi connectivity index (χ0) is 10.8. The van der Waals surface area contributed by atoms with E-state index in [1.54, 1.807) is 0 Å². The second-order valence-corrected chi connectivity index (χ2v) is 6.85. The molecule has 0 aliphatic heterocycles. The Bertz CT molecular complexity index is 279. The van der Waals surface area contributed by atoms with Crippen LogP contribution < -0.4 is 5.30 Å². The monoisotopic (exact) mass is 213 g/mol. The molecule has 0 aliphatic carbocycles. The standard InChI is InChI=1S/C10H18N2OP/c1-11(2)14(13,12(3)4)10-8-6-5-7-9-10/h5-9,13H,1-4H3/q+1. The highest BCUT2D eigenvalue weighted by atomic mass is 31.2. The first-order valence-electron chi connectivity index (χ1n) is 4.52. The van der Waals surface area contributed by atoms with Gasteiger partial charge in [-0.3, -0.25) is 0 Å². The topological polar surface area (TPSA) is 26.7 Å². The zero-order valence-electron chi connectivity index (χ0n) is 9.18. The van der Waals surface area contributed by atoms with Gasteiger partial charge in [0.15, 0.2) is 5.30 Å². The van der Waals surface area contributed by atoms with Crippen molar-refractivity contribution in [2.45, 2.75) is 0 Å². The first-order chi connectivity index (χ1) is 6.49. The molecule has 1 aromatic rings. The maximum Gasteiger partial charge on any atom is 0.319 e. The maximum absolute atomic E-state index is 10.6. The van der Waals surface area contributed by atoms with E-state index in [4.69, 9.17) is 0 Å². The summed E-state index contributed by atoms with van der Waals surface area (Å²) in [5.74, 6) is 0. The number of hydrogen-bond donors (Lipinski definition) is 1. The van der Waals surface area contributed by atoms with Crippen molar-refractivity contribution in [1.82, 2.24) is 9.34 Å². The summed E-state index contributed by atoms with van der Waals surface area (Å²) in [5, 5.41) is 0.981. The van der Waals surface area contributed by atoms with Crippen molar-refractivity contribution in [1.29, 1.82) is 0 Å². The average Bonchev–Trinajstić information content (AvgIpc) is 2.17. The smallest absolute Gasteiger partial charge is 0.207 e. The van der Waals surface area contributed by atoms with Gasteiger partial charge in [-0.05, 0) is 12.1 Å². The van der Waals surface area contributed by atoms with Gasteiger partial charge in [0.25, 0.3) is 0 Å². The maximum atomic E-state index is 10.6. The van der Waals surface area contributed by atoms with Crippen LogP contribution in [0.15, 0.2) is 30.3 Å². The molecule has 0 unspecified atom stereocenters. The summed E-state index contributed by atoms with van der Waals surface area (Å²) in [6, 6.07) is 9.79. The summed E-state index contributed by atoms with van der Waals surface area (Å²) in [4.78, 5) is 10.6. The zero-order valence-corrected chi connectivity index (χ0v) is 10.1. The van der Waals surface area contributed by atoms with Crippen molar-refractivity contribution in [3.05, 3.63) is 30.3 Å². The number of hydrogen-bond acceptors (Lipinski definition) is 3. The van der Waals surface area contributed by atoms with Crippen molar-refractivity contribution in [3.8, 4) is 0 Å². The highest BCUT2D eigenvalue weighted by Crippen LogP contribution is 2.56. The summed E-state index contributed by atoms with van der Waals surface area (Å²) >= 11 is 0. The lowest BCUT2D eigenvalue weighted by atomic mass is 10.4. The van der Waals surface area contributed by atoms with E-state index >= 15 is 0 Å². The molecule has 0 amide bonds. The van der Waals surface area contributed by atoms with E-state index in [0.29, 0.717) is 0 Å². The van der Waals surface area contributed by atoms with Crippen molar-refractivity contribution in [3.63, 3.8) is 0 Å². The fourth-order valence-corrected chi connectivity index (χ4v) is 3.66. The third-order valence-electron chi connectivity index (χ3n) is 2.22. The highest BCUT2D eigenvalue weighted by molar-refractivity contribution is 7.73. The molecule has 0 spiro atoms. The Labute approximate surface area is 86.5 Å². The molecular weight excluding hydrogens is 195 g/mol. The molecule has 0 aliphatic rings. The summed E-state index contributed by atoms with van der Waals surface area (Å²) in [5.41, 5.74) is 0. The molecule has 4 heteroatoms. The van der Waals surface area contributed by atoms with Gasteiger partial charge in [0.2, 0.25) is 0 Å². The molecule has 78 valence electrons. The van der Waals surface area contributed by atoms with E-state index in [-0.39, 0.29) is 0 Å². The minimum absolute atomic E-state index is 0.981. The Morgan fingerprint density at radius 1 is 0.929 bits per heavy atom. The summed E-state index contributed by atoms with van der Waals surface area (Å²) in [7, 11) is 5.32. The van der Waals surface area contributed by atoms with Gasteiger partial charge in [-0.15, -0.1) is 9.34 Å². The van der Waals surface area contributed by atoms with Crippen molar-refractivity contribution < 1.29 is 4.89 Å². The number of rotatable bonds is 3. The summed E-state index contributed by atoms with van der Waals surface area (Å²) < 4.78 is 3.78. The fourth-order valence-electron chi connectivity index (χ4n) is 1.45. The Balaban J connectivity index is 3.13. The molecule has 14 heavy (non-hydrogen) atoms. The lowest BCUT2D eigenvalue weighted by molar-refractivity contribution is 0.430. The largest absolute Gasteiger partial charge is 0.319 e. The Morgan fingerprint density at radius 3 is 1.71 bits per heavy atom. The second-order valence-electron chi connectivity index (χ2n) is 3.60. The predicted octanol–water partition coefficient (Wildman–Crippen LogP) is 1.19. The first kappa shape index (κ1) is 11.6. The van der Waals surface area contributed by atoms with Gasteiger partial charge in [0.05, 0.1) is 0 Å². The number of benzene rings is 1. The van der Waals surface area contributed by atoms with Crippen molar-refractivity contribution >= 4 is 13.1 Å². The molecule has 0 atom stereocenters. The normalized spacial score (nSPS) is 12.5. The molecule has 0 heterocycles. The number of nitrogens with zero attached hydrogens (tertiary/aromatic N) is 2. The van der Waals surface area contributed by atoms with Crippen LogP contribution in [0.25, 0.3) is 0 Å². The molecule has 0 bridgehead atoms. The van der Waals surface area contributed by atoms with E-state index in [1.165, 1.54) is 0 Å². The van der Waals surface area contributed by atoms with Crippen molar-refractivity contribution in [2.24, 2.45) is 0 Å². The van der Waals surface area contributed by atoms with E-state index in [0.717, 1.165) is 5.30 Å². The van der Waals surface area contributed by atoms with Gasteiger partial charge in [-0.1, -0.05) is 18.2 Å². The fraction of sp³-hybridized carbons (Fsp3) is 0.400. The Hall–Kier alpha value is -0.470. The van der Waals surface area contributed by atoms with Gasteiger partial charge in [0, 0.05) is 28.2 Å². The lowest BCUT2D eigenvalue weighted by Crippen LogP contribution is -2.33. The van der Waals surface area contributed by atoms with E-state index in [1.807, 2.05) is 67.9 Å². The lowest BCUT2D eigenvalue weighted by Gasteiger charge is -2.29. The molecule has 1 aromatic carbocycles. The van der Waals surface area contributed by atoms with Crippen LogP contribution in [0.5, 0.6) is 0 Å². The third-order valence-corrected chi connectivity index (χ3v) is 5.44. The van der Waals surface area contributed by atoms with E-state index in [9.17, 15) is 4.89 Å². The summed E-state index contributed by atoms with van der Waals surface area (Å²) in [6.45, 7) is 0. The van der Waals surface area contributed by atoms with Crippen molar-refractivity contribution in [2.75, 3.05) is 28.2 Å². The van der Waals surface area contributed by atoms with Gasteiger partial charge in [-0.25, -0.2) is 4.89 Å². The quantitative estimate of drug-likeness (QED) is 0.764. The molecule has 0 saturated carbocycles. The van der Waals surface area contributed by atoms with Gasteiger partial charge in [-0.2, -0.15) is 0 Å². The van der Waals surface area contributed by atoms with Crippen LogP contribution in [0.3, 0.4) is 0 Å². The molecule has 3 nitrogen and oxygen atoms in total. The minimum Gasteiger partial charge on any atom is -0.207 e. The minimum atomic E-state index is -2.30. The highest BCUT2D eigenvalue weighted by Gasteiger charge is 2.45. The first-order valence-corrected chi connectivity index (χ1v) is 6.17. The van der Waals surface area contributed by atoms with Crippen LogP contribution in [0.2, 0.25) is 0 Å². The third kappa shape index (κ3) is 1.96. The average molecular weight is 213 g/mol. The Kier molecular flexibility index (Phi) is 3.62. The van der Waals surface area contributed by atoms with Crippen LogP contribution in [-0.2, 0) is 0 Å². The molecule has 1 rings (SSSR count). The van der Waals surface area contributed by atoms with Crippen LogP contribution >= 0.6 is 7.79 Å². The van der Waals surface area contributed by atoms with Gasteiger partial charge in [0.1, 0.15) is 0 Å². The van der Waals surface area contributed by atoms with Crippen LogP contribution in [-0.4, -0.2) is 42.4 Å². The predicted molar refractivity (Wildman–Crippen MR) is 62.6 cm³/mol. The Morgan fingerprint density at radius 2 is 1.36 bits per heavy atom. The molecule has 1 N–H and O–H groups in total. The molecule has 0 fully saturated rings. The van der Waals surface area contributed by atoms with E-state index in [2.05, 4.69) is 0 Å². The molecule has 0 saturated heterocycles. The van der Waals surface area contributed by atoms with E-state index < -0.39 is 7.79 Å². The van der Waals surface area contributed by atoms with Crippen LogP contribution in [0.1, 0.15) is 0 Å². The summed E-state index contributed by atoms with van der Waals surface area (Å²) in [6.07, 6.45) is 0. The second kappa shape index (κ2) is 4.37. The SMILES string of the molecule is CN(C)[P+](O)(c1ccccc1)N(C)C.